The van der Waals surface area contributed by atoms with Gasteiger partial charge >= 0.3 is 0 Å². The van der Waals surface area contributed by atoms with Crippen LogP contribution in [-0.2, 0) is 4.74 Å². The van der Waals surface area contributed by atoms with Gasteiger partial charge in [0.1, 0.15) is 5.76 Å². The van der Waals surface area contributed by atoms with Crippen LogP contribution in [-0.4, -0.2) is 19.3 Å². The molecule has 1 aliphatic heterocycles. The molecule has 2 aromatic rings. The van der Waals surface area contributed by atoms with Crippen molar-refractivity contribution in [3.05, 3.63) is 60.1 Å². The maximum absolute atomic E-state index is 5.63. The molecule has 1 aromatic heterocycles. The van der Waals surface area contributed by atoms with E-state index in [1.807, 2.05) is 18.2 Å². The van der Waals surface area contributed by atoms with Crippen LogP contribution in [0.3, 0.4) is 0 Å². The van der Waals surface area contributed by atoms with E-state index in [0.29, 0.717) is 12.0 Å². The van der Waals surface area contributed by atoms with Crippen molar-refractivity contribution in [2.24, 2.45) is 5.92 Å². The molecule has 2 heterocycles. The summed E-state index contributed by atoms with van der Waals surface area (Å²) in [5, 5.41) is 3.64. The van der Waals surface area contributed by atoms with Gasteiger partial charge in [-0.15, -0.1) is 0 Å². The van der Waals surface area contributed by atoms with Crippen molar-refractivity contribution >= 4 is 0 Å². The molecular formula is C17H21NO2. The summed E-state index contributed by atoms with van der Waals surface area (Å²) in [6, 6.07) is 14.5. The summed E-state index contributed by atoms with van der Waals surface area (Å²) >= 11 is 0. The van der Waals surface area contributed by atoms with E-state index in [4.69, 9.17) is 9.15 Å². The third-order valence-corrected chi connectivity index (χ3v) is 4.08. The Balaban J connectivity index is 1.73. The van der Waals surface area contributed by atoms with Crippen molar-refractivity contribution in [2.75, 3.05) is 13.2 Å². The molecule has 1 fully saturated rings. The molecule has 106 valence electrons. The van der Waals surface area contributed by atoms with E-state index in [2.05, 4.69) is 36.5 Å². The Bertz CT molecular complexity index is 509. The summed E-state index contributed by atoms with van der Waals surface area (Å²) in [6.07, 6.45) is 3.21. The zero-order chi connectivity index (χ0) is 13.8. The molecule has 20 heavy (non-hydrogen) atoms. The molecule has 3 atom stereocenters. The highest BCUT2D eigenvalue weighted by Crippen LogP contribution is 2.25. The molecule has 0 radical (unpaired) electrons. The molecule has 0 saturated carbocycles. The van der Waals surface area contributed by atoms with Gasteiger partial charge in [-0.25, -0.2) is 0 Å². The van der Waals surface area contributed by atoms with Crippen molar-refractivity contribution in [1.82, 2.24) is 5.32 Å². The lowest BCUT2D eigenvalue weighted by atomic mass is 10.00. The standard InChI is InChI=1S/C17H21NO2/c1-13-15(9-11-19-13)12-18-17(16-8-5-10-20-16)14-6-3-2-4-7-14/h2-8,10,13,15,17-18H,9,11-12H2,1H3. The van der Waals surface area contributed by atoms with Crippen molar-refractivity contribution in [3.63, 3.8) is 0 Å². The minimum atomic E-state index is 0.110. The highest BCUT2D eigenvalue weighted by Gasteiger charge is 2.26. The zero-order valence-electron chi connectivity index (χ0n) is 11.8. The SMILES string of the molecule is CC1OCCC1CNC(c1ccccc1)c1ccco1. The van der Waals surface area contributed by atoms with Crippen LogP contribution in [0.15, 0.2) is 53.1 Å². The number of hydrogen-bond donors (Lipinski definition) is 1. The molecule has 3 unspecified atom stereocenters. The van der Waals surface area contributed by atoms with E-state index in [1.54, 1.807) is 6.26 Å². The fraction of sp³-hybridized carbons (Fsp3) is 0.412. The fourth-order valence-electron chi connectivity index (χ4n) is 2.80. The summed E-state index contributed by atoms with van der Waals surface area (Å²) in [7, 11) is 0. The zero-order valence-corrected chi connectivity index (χ0v) is 11.8. The summed E-state index contributed by atoms with van der Waals surface area (Å²) < 4.78 is 11.2. The molecular weight excluding hydrogens is 250 g/mol. The topological polar surface area (TPSA) is 34.4 Å². The highest BCUT2D eigenvalue weighted by molar-refractivity contribution is 5.26. The van der Waals surface area contributed by atoms with Gasteiger partial charge in [0.15, 0.2) is 0 Å². The molecule has 1 N–H and O–H groups in total. The Kier molecular flexibility index (Phi) is 4.19. The summed E-state index contributed by atoms with van der Waals surface area (Å²) in [5.74, 6) is 1.54. The van der Waals surface area contributed by atoms with Gasteiger partial charge in [-0.05, 0) is 37.0 Å². The lowest BCUT2D eigenvalue weighted by molar-refractivity contribution is 0.105. The predicted molar refractivity (Wildman–Crippen MR) is 78.5 cm³/mol. The second-order valence-electron chi connectivity index (χ2n) is 5.39. The average Bonchev–Trinajstić information content (AvgIpc) is 3.13. The first-order valence-corrected chi connectivity index (χ1v) is 7.28. The van der Waals surface area contributed by atoms with Gasteiger partial charge in [-0.2, -0.15) is 0 Å². The third-order valence-electron chi connectivity index (χ3n) is 4.08. The van der Waals surface area contributed by atoms with Crippen LogP contribution in [0.25, 0.3) is 0 Å². The number of ether oxygens (including phenoxy) is 1. The van der Waals surface area contributed by atoms with E-state index >= 15 is 0 Å². The molecule has 1 aromatic carbocycles. The Morgan fingerprint density at radius 1 is 1.20 bits per heavy atom. The van der Waals surface area contributed by atoms with Gasteiger partial charge in [0.25, 0.3) is 0 Å². The summed E-state index contributed by atoms with van der Waals surface area (Å²) in [5.41, 5.74) is 1.23. The number of benzene rings is 1. The Morgan fingerprint density at radius 3 is 2.70 bits per heavy atom. The lowest BCUT2D eigenvalue weighted by Crippen LogP contribution is -2.30. The van der Waals surface area contributed by atoms with E-state index in [0.717, 1.165) is 25.3 Å². The van der Waals surface area contributed by atoms with Gasteiger partial charge in [0.05, 0.1) is 18.4 Å². The smallest absolute Gasteiger partial charge is 0.125 e. The monoisotopic (exact) mass is 271 g/mol. The van der Waals surface area contributed by atoms with Crippen LogP contribution in [0, 0.1) is 5.92 Å². The third kappa shape index (κ3) is 2.94. The molecule has 3 nitrogen and oxygen atoms in total. The number of nitrogens with one attached hydrogen (secondary N) is 1. The van der Waals surface area contributed by atoms with Crippen LogP contribution in [0.1, 0.15) is 30.7 Å². The van der Waals surface area contributed by atoms with Crippen molar-refractivity contribution in [1.29, 1.82) is 0 Å². The van der Waals surface area contributed by atoms with Gasteiger partial charge in [0, 0.05) is 13.2 Å². The Hall–Kier alpha value is -1.58. The molecule has 3 heteroatoms. The quantitative estimate of drug-likeness (QED) is 0.905. The first-order chi connectivity index (χ1) is 9.84. The van der Waals surface area contributed by atoms with Crippen molar-refractivity contribution in [3.8, 4) is 0 Å². The van der Waals surface area contributed by atoms with Gasteiger partial charge in [0.2, 0.25) is 0 Å². The largest absolute Gasteiger partial charge is 0.467 e. The number of furan rings is 1. The summed E-state index contributed by atoms with van der Waals surface area (Å²) in [6.45, 7) is 3.98. The van der Waals surface area contributed by atoms with Gasteiger partial charge in [-0.1, -0.05) is 30.3 Å². The molecule has 3 rings (SSSR count). The van der Waals surface area contributed by atoms with Crippen LogP contribution in [0.2, 0.25) is 0 Å². The Labute approximate surface area is 119 Å². The Morgan fingerprint density at radius 2 is 2.05 bits per heavy atom. The average molecular weight is 271 g/mol. The highest BCUT2D eigenvalue weighted by atomic mass is 16.5. The van der Waals surface area contributed by atoms with Crippen molar-refractivity contribution < 1.29 is 9.15 Å². The number of hydrogen-bond acceptors (Lipinski definition) is 3. The molecule has 0 bridgehead atoms. The number of rotatable bonds is 5. The maximum atomic E-state index is 5.63. The molecule has 0 spiro atoms. The first kappa shape index (κ1) is 13.4. The second-order valence-corrected chi connectivity index (χ2v) is 5.39. The van der Waals surface area contributed by atoms with Gasteiger partial charge in [-0.3, -0.25) is 0 Å². The minimum absolute atomic E-state index is 0.110. The van der Waals surface area contributed by atoms with Crippen LogP contribution < -0.4 is 5.32 Å². The van der Waals surface area contributed by atoms with Crippen LogP contribution in [0.4, 0.5) is 0 Å². The van der Waals surface area contributed by atoms with E-state index in [1.165, 1.54) is 5.56 Å². The van der Waals surface area contributed by atoms with E-state index < -0.39 is 0 Å². The fourth-order valence-corrected chi connectivity index (χ4v) is 2.80. The molecule has 0 aliphatic carbocycles. The first-order valence-electron chi connectivity index (χ1n) is 7.28. The normalized spacial score (nSPS) is 23.9. The van der Waals surface area contributed by atoms with Gasteiger partial charge < -0.3 is 14.5 Å². The molecule has 1 saturated heterocycles. The molecule has 0 amide bonds. The van der Waals surface area contributed by atoms with E-state index in [9.17, 15) is 0 Å². The lowest BCUT2D eigenvalue weighted by Gasteiger charge is -2.21. The predicted octanol–water partition coefficient (Wildman–Crippen LogP) is 3.38. The minimum Gasteiger partial charge on any atom is -0.467 e. The second kappa shape index (κ2) is 6.25. The maximum Gasteiger partial charge on any atom is 0.125 e. The summed E-state index contributed by atoms with van der Waals surface area (Å²) in [4.78, 5) is 0. The molecule has 1 aliphatic rings. The van der Waals surface area contributed by atoms with E-state index in [-0.39, 0.29) is 6.04 Å². The van der Waals surface area contributed by atoms with Crippen LogP contribution >= 0.6 is 0 Å². The van der Waals surface area contributed by atoms with Crippen molar-refractivity contribution in [2.45, 2.75) is 25.5 Å². The van der Waals surface area contributed by atoms with Crippen LogP contribution in [0.5, 0.6) is 0 Å².